The zero-order valence-electron chi connectivity index (χ0n) is 19.6. The maximum atomic E-state index is 13.3. The molecule has 0 aliphatic carbocycles. The molecule has 3 aromatic carbocycles. The highest BCUT2D eigenvalue weighted by Gasteiger charge is 2.36. The Kier molecular flexibility index (Phi) is 8.99. The number of hydrogen-bond acceptors (Lipinski definition) is 6. The number of hydrogen-bond donors (Lipinski definition) is 1. The van der Waals surface area contributed by atoms with Crippen molar-refractivity contribution in [2.75, 3.05) is 19.0 Å². The summed E-state index contributed by atoms with van der Waals surface area (Å²) >= 11 is 15.8. The van der Waals surface area contributed by atoms with Crippen molar-refractivity contribution in [1.29, 1.82) is 0 Å². The molecule has 0 bridgehead atoms. The zero-order chi connectivity index (χ0) is 27.4. The van der Waals surface area contributed by atoms with Gasteiger partial charge in [-0.15, -0.1) is 0 Å². The Balaban J connectivity index is 1.46. The number of imide groups is 1. The van der Waals surface area contributed by atoms with E-state index in [1.807, 2.05) is 12.1 Å². The molecule has 0 aromatic heterocycles. The van der Waals surface area contributed by atoms with Crippen LogP contribution < -0.4 is 14.8 Å². The number of rotatable bonds is 8. The number of carbonyl (C=O) groups excluding carboxylic acids is 3. The van der Waals surface area contributed by atoms with Gasteiger partial charge >= 0.3 is 0 Å². The van der Waals surface area contributed by atoms with Crippen molar-refractivity contribution in [3.63, 3.8) is 0 Å². The van der Waals surface area contributed by atoms with Gasteiger partial charge in [-0.3, -0.25) is 19.3 Å². The fraction of sp³-hybridized carbons (Fsp3) is 0.115. The first-order chi connectivity index (χ1) is 18.1. The molecule has 4 rings (SSSR count). The van der Waals surface area contributed by atoms with Crippen LogP contribution in [0.1, 0.15) is 11.1 Å². The van der Waals surface area contributed by atoms with E-state index in [0.717, 1.165) is 16.5 Å². The van der Waals surface area contributed by atoms with Gasteiger partial charge in [0, 0.05) is 10.7 Å². The highest BCUT2D eigenvalue weighted by atomic mass is 79.9. The van der Waals surface area contributed by atoms with Crippen LogP contribution in [0.3, 0.4) is 0 Å². The third-order valence-electron chi connectivity index (χ3n) is 5.22. The van der Waals surface area contributed by atoms with Crippen molar-refractivity contribution < 1.29 is 28.2 Å². The Hall–Kier alpha value is -3.05. The van der Waals surface area contributed by atoms with Gasteiger partial charge in [0.25, 0.3) is 11.1 Å². The minimum absolute atomic E-state index is 0.136. The number of anilines is 1. The molecule has 1 saturated heterocycles. The van der Waals surface area contributed by atoms with E-state index in [1.54, 1.807) is 24.3 Å². The van der Waals surface area contributed by atoms with Gasteiger partial charge in [0.1, 0.15) is 19.0 Å². The SMILES string of the molecule is COc1cc(/C=C2/SC(=O)N(CC(=O)Nc3ccc(F)c(Cl)c3)C2=O)cc(Br)c1OCc1ccc(Cl)cc1. The van der Waals surface area contributed by atoms with Gasteiger partial charge in [-0.05, 0) is 87.4 Å². The van der Waals surface area contributed by atoms with Gasteiger partial charge in [-0.25, -0.2) is 4.39 Å². The lowest BCUT2D eigenvalue weighted by molar-refractivity contribution is -0.127. The summed E-state index contributed by atoms with van der Waals surface area (Å²) in [6, 6.07) is 14.3. The van der Waals surface area contributed by atoms with Crippen LogP contribution in [0.2, 0.25) is 10.0 Å². The van der Waals surface area contributed by atoms with Gasteiger partial charge in [0.05, 0.1) is 21.5 Å². The Morgan fingerprint density at radius 2 is 1.87 bits per heavy atom. The second kappa shape index (κ2) is 12.2. The molecule has 0 unspecified atom stereocenters. The number of carbonyl (C=O) groups is 3. The molecule has 1 aliphatic rings. The average molecular weight is 640 g/mol. The molecular formula is C26H18BrCl2FN2O5S. The summed E-state index contributed by atoms with van der Waals surface area (Å²) < 4.78 is 25.3. The van der Waals surface area contributed by atoms with Crippen molar-refractivity contribution in [3.05, 3.63) is 91.0 Å². The van der Waals surface area contributed by atoms with Crippen LogP contribution >= 0.6 is 50.9 Å². The molecule has 1 N–H and O–H groups in total. The van der Waals surface area contributed by atoms with Gasteiger partial charge in [0.2, 0.25) is 5.91 Å². The maximum absolute atomic E-state index is 13.3. The molecule has 0 saturated carbocycles. The van der Waals surface area contributed by atoms with E-state index in [1.165, 1.54) is 25.3 Å². The topological polar surface area (TPSA) is 84.9 Å². The molecule has 3 amide bonds. The molecule has 1 fully saturated rings. The van der Waals surface area contributed by atoms with E-state index in [-0.39, 0.29) is 22.2 Å². The third-order valence-corrected chi connectivity index (χ3v) is 7.26. The van der Waals surface area contributed by atoms with Crippen LogP contribution in [0.4, 0.5) is 14.9 Å². The van der Waals surface area contributed by atoms with Crippen LogP contribution in [-0.4, -0.2) is 35.6 Å². The molecule has 38 heavy (non-hydrogen) atoms. The first-order valence-corrected chi connectivity index (χ1v) is 13.3. The van der Waals surface area contributed by atoms with E-state index in [0.29, 0.717) is 38.3 Å². The zero-order valence-corrected chi connectivity index (χ0v) is 23.5. The number of nitrogens with one attached hydrogen (secondary N) is 1. The Morgan fingerprint density at radius 1 is 1.13 bits per heavy atom. The predicted octanol–water partition coefficient (Wildman–Crippen LogP) is 7.16. The maximum Gasteiger partial charge on any atom is 0.294 e. The number of benzene rings is 3. The number of ether oxygens (including phenoxy) is 2. The molecule has 12 heteroatoms. The molecule has 0 radical (unpaired) electrons. The molecule has 0 atom stereocenters. The van der Waals surface area contributed by atoms with E-state index in [9.17, 15) is 18.8 Å². The van der Waals surface area contributed by atoms with Gasteiger partial charge in [0.15, 0.2) is 11.5 Å². The molecule has 3 aromatic rings. The third kappa shape index (κ3) is 6.68. The normalized spacial score (nSPS) is 14.2. The molecule has 7 nitrogen and oxygen atoms in total. The second-order valence-electron chi connectivity index (χ2n) is 7.89. The van der Waals surface area contributed by atoms with Gasteiger partial charge < -0.3 is 14.8 Å². The molecule has 1 heterocycles. The predicted molar refractivity (Wildman–Crippen MR) is 149 cm³/mol. The summed E-state index contributed by atoms with van der Waals surface area (Å²) in [6.07, 6.45) is 1.53. The minimum atomic E-state index is -0.636. The first-order valence-electron chi connectivity index (χ1n) is 10.9. The summed E-state index contributed by atoms with van der Waals surface area (Å²) in [6.45, 7) is -0.238. The lowest BCUT2D eigenvalue weighted by atomic mass is 10.1. The van der Waals surface area contributed by atoms with Crippen LogP contribution in [0.25, 0.3) is 6.08 Å². The van der Waals surface area contributed by atoms with E-state index < -0.39 is 29.4 Å². The minimum Gasteiger partial charge on any atom is -0.493 e. The van der Waals surface area contributed by atoms with Crippen molar-refractivity contribution in [1.82, 2.24) is 4.90 Å². The number of amides is 3. The molecule has 1 aliphatic heterocycles. The highest BCUT2D eigenvalue weighted by Crippen LogP contribution is 2.39. The number of thioether (sulfide) groups is 1. The Bertz CT molecular complexity index is 1450. The quantitative estimate of drug-likeness (QED) is 0.263. The lowest BCUT2D eigenvalue weighted by Crippen LogP contribution is -2.36. The van der Waals surface area contributed by atoms with Crippen molar-refractivity contribution in [3.8, 4) is 11.5 Å². The Labute approximate surface area is 240 Å². The highest BCUT2D eigenvalue weighted by molar-refractivity contribution is 9.10. The monoisotopic (exact) mass is 638 g/mol. The van der Waals surface area contributed by atoms with Crippen LogP contribution in [0, 0.1) is 5.82 Å². The van der Waals surface area contributed by atoms with Crippen molar-refractivity contribution in [2.24, 2.45) is 0 Å². The summed E-state index contributed by atoms with van der Waals surface area (Å²) in [4.78, 5) is 38.7. The van der Waals surface area contributed by atoms with Gasteiger partial charge in [-0.1, -0.05) is 35.3 Å². The van der Waals surface area contributed by atoms with E-state index in [4.69, 9.17) is 32.7 Å². The second-order valence-corrected chi connectivity index (χ2v) is 10.6. The molecular weight excluding hydrogens is 622 g/mol. The summed E-state index contributed by atoms with van der Waals surface area (Å²) in [5.41, 5.74) is 1.72. The first kappa shape index (κ1) is 28.0. The number of methoxy groups -OCH3 is 1. The van der Waals surface area contributed by atoms with E-state index in [2.05, 4.69) is 21.2 Å². The fourth-order valence-corrected chi connectivity index (χ4v) is 5.12. The number of halogens is 4. The lowest BCUT2D eigenvalue weighted by Gasteiger charge is -2.14. The standard InChI is InChI=1S/C26H18BrCl2FN2O5S/c1-36-21-9-15(8-18(27)24(21)37-13-14-2-4-16(28)5-3-14)10-22-25(34)32(26(35)38-22)12-23(33)31-17-6-7-20(30)19(29)11-17/h2-11H,12-13H2,1H3,(H,31,33)/b22-10+. The van der Waals surface area contributed by atoms with Crippen LogP contribution in [0.5, 0.6) is 11.5 Å². The fourth-order valence-electron chi connectivity index (χ4n) is 3.40. The van der Waals surface area contributed by atoms with Crippen LogP contribution in [0.15, 0.2) is 64.0 Å². The van der Waals surface area contributed by atoms with E-state index >= 15 is 0 Å². The van der Waals surface area contributed by atoms with Crippen LogP contribution in [-0.2, 0) is 16.2 Å². The molecule has 0 spiro atoms. The summed E-state index contributed by atoms with van der Waals surface area (Å²) in [5, 5.41) is 2.35. The van der Waals surface area contributed by atoms with Gasteiger partial charge in [-0.2, -0.15) is 0 Å². The summed E-state index contributed by atoms with van der Waals surface area (Å²) in [7, 11) is 1.49. The van der Waals surface area contributed by atoms with Crippen molar-refractivity contribution >= 4 is 79.7 Å². The largest absolute Gasteiger partial charge is 0.493 e. The molecule has 196 valence electrons. The average Bonchev–Trinajstić information content (AvgIpc) is 3.13. The Morgan fingerprint density at radius 3 is 2.55 bits per heavy atom. The van der Waals surface area contributed by atoms with Crippen molar-refractivity contribution in [2.45, 2.75) is 6.61 Å². The number of nitrogens with zero attached hydrogens (tertiary/aromatic N) is 1. The summed E-state index contributed by atoms with van der Waals surface area (Å²) in [5.74, 6) is -1.01. The smallest absolute Gasteiger partial charge is 0.294 e.